The van der Waals surface area contributed by atoms with E-state index in [0.717, 1.165) is 63.5 Å². The molecule has 1 fully saturated rings. The average molecular weight is 473 g/mol. The number of hydrogen-bond acceptors (Lipinski definition) is 6. The van der Waals surface area contributed by atoms with E-state index in [1.807, 2.05) is 57.0 Å². The molecule has 0 radical (unpaired) electrons. The molecule has 1 N–H and O–H groups in total. The molecule has 0 spiro atoms. The van der Waals surface area contributed by atoms with Crippen LogP contribution in [0.2, 0.25) is 0 Å². The number of aryl methyl sites for hydroxylation is 1. The second kappa shape index (κ2) is 8.42. The maximum atomic E-state index is 12.3. The third-order valence-corrected chi connectivity index (χ3v) is 6.72. The Morgan fingerprint density at radius 1 is 1.26 bits per heavy atom. The van der Waals surface area contributed by atoms with Crippen molar-refractivity contribution in [1.29, 1.82) is 0 Å². The molecule has 6 rings (SSSR count). The predicted octanol–water partition coefficient (Wildman–Crippen LogP) is 3.82. The highest BCUT2D eigenvalue weighted by atomic mass is 16.5. The number of rotatable bonds is 6. The molecule has 9 nitrogen and oxygen atoms in total. The van der Waals surface area contributed by atoms with Crippen molar-refractivity contribution in [1.82, 2.24) is 24.2 Å². The molecule has 2 aliphatic heterocycles. The molecular formula is C26H28N6O3. The minimum Gasteiger partial charge on any atom is -0.485 e. The van der Waals surface area contributed by atoms with Gasteiger partial charge < -0.3 is 24.3 Å². The average Bonchev–Trinajstić information content (AvgIpc) is 3.63. The molecule has 0 bridgehead atoms. The second-order valence-electron chi connectivity index (χ2n) is 9.18. The van der Waals surface area contributed by atoms with Crippen LogP contribution < -0.4 is 10.1 Å². The molecule has 1 amide bonds. The summed E-state index contributed by atoms with van der Waals surface area (Å²) in [6, 6.07) is 7.86. The number of aromatic nitrogens is 4. The molecule has 2 aliphatic rings. The number of anilines is 2. The van der Waals surface area contributed by atoms with Gasteiger partial charge in [-0.1, -0.05) is 6.92 Å². The fourth-order valence-electron chi connectivity index (χ4n) is 4.94. The van der Waals surface area contributed by atoms with Crippen molar-refractivity contribution in [3.8, 4) is 11.4 Å². The van der Waals surface area contributed by atoms with Crippen molar-refractivity contribution < 1.29 is 14.3 Å². The van der Waals surface area contributed by atoms with Crippen LogP contribution in [0.25, 0.3) is 16.7 Å². The Bertz CT molecular complexity index is 1430. The largest absolute Gasteiger partial charge is 0.485 e. The van der Waals surface area contributed by atoms with Crippen LogP contribution >= 0.6 is 0 Å². The number of benzene rings is 1. The Labute approximate surface area is 203 Å². The summed E-state index contributed by atoms with van der Waals surface area (Å²) in [6.45, 7) is 4.01. The van der Waals surface area contributed by atoms with Crippen molar-refractivity contribution in [2.45, 2.75) is 32.4 Å². The van der Waals surface area contributed by atoms with Crippen LogP contribution in [0.15, 0.2) is 42.9 Å². The summed E-state index contributed by atoms with van der Waals surface area (Å²) in [4.78, 5) is 19.0. The van der Waals surface area contributed by atoms with Gasteiger partial charge in [0.25, 0.3) is 5.91 Å². The van der Waals surface area contributed by atoms with E-state index in [2.05, 4.69) is 21.9 Å². The summed E-state index contributed by atoms with van der Waals surface area (Å²) in [5.41, 5.74) is 6.39. The maximum absolute atomic E-state index is 12.3. The molecule has 3 aromatic heterocycles. The number of carbonyl (C=O) groups is 1. The molecule has 0 unspecified atom stereocenters. The third kappa shape index (κ3) is 3.72. The van der Waals surface area contributed by atoms with Crippen LogP contribution in [-0.2, 0) is 24.8 Å². The van der Waals surface area contributed by atoms with Crippen molar-refractivity contribution >= 4 is 28.4 Å². The molecular weight excluding hydrogens is 444 g/mol. The van der Waals surface area contributed by atoms with Gasteiger partial charge in [-0.25, -0.2) is 4.98 Å². The monoisotopic (exact) mass is 472 g/mol. The summed E-state index contributed by atoms with van der Waals surface area (Å²) in [7, 11) is 3.73. The fourth-order valence-corrected chi connectivity index (χ4v) is 4.94. The van der Waals surface area contributed by atoms with Gasteiger partial charge in [0.1, 0.15) is 17.4 Å². The van der Waals surface area contributed by atoms with Crippen molar-refractivity contribution in [2.75, 3.05) is 25.6 Å². The van der Waals surface area contributed by atoms with Crippen LogP contribution in [0.4, 0.5) is 11.5 Å². The lowest BCUT2D eigenvalue weighted by Gasteiger charge is -2.20. The van der Waals surface area contributed by atoms with E-state index < -0.39 is 0 Å². The van der Waals surface area contributed by atoms with Crippen LogP contribution in [-0.4, -0.2) is 56.5 Å². The van der Waals surface area contributed by atoms with Crippen LogP contribution in [0, 0.1) is 0 Å². The number of pyridine rings is 1. The quantitative estimate of drug-likeness (QED) is 0.459. The number of ether oxygens (including phenoxy) is 2. The van der Waals surface area contributed by atoms with Gasteiger partial charge in [0.05, 0.1) is 30.6 Å². The highest BCUT2D eigenvalue weighted by Crippen LogP contribution is 2.38. The number of amides is 1. The van der Waals surface area contributed by atoms with E-state index in [1.165, 1.54) is 0 Å². The van der Waals surface area contributed by atoms with Gasteiger partial charge in [0.15, 0.2) is 5.75 Å². The summed E-state index contributed by atoms with van der Waals surface area (Å²) in [6.07, 6.45) is 7.41. The normalized spacial score (nSPS) is 17.4. The number of nitrogens with zero attached hydrogens (tertiary/aromatic N) is 5. The Hall–Kier alpha value is -3.85. The number of nitrogens with one attached hydrogen (secondary N) is 1. The lowest BCUT2D eigenvalue weighted by Crippen LogP contribution is -2.18. The standard InChI is InChI=1S/C26H28N6O3/c1-4-20-24(35-19-8-10-34-15-19)23-22(7-9-32(23)18-12-27-31(3)14-18)29-25(20)28-17-5-6-21-16(11-17)13-30(2)26(21)33/h5-7,9,11-12,14,19H,4,8,10,13,15H2,1-3H3,(H,28,29)/t19-/m0/s1. The molecule has 1 saturated heterocycles. The first-order valence-corrected chi connectivity index (χ1v) is 11.9. The number of hydrogen-bond donors (Lipinski definition) is 1. The first-order valence-electron chi connectivity index (χ1n) is 11.9. The highest BCUT2D eigenvalue weighted by molar-refractivity contribution is 5.98. The minimum absolute atomic E-state index is 0.00228. The topological polar surface area (TPSA) is 86.4 Å². The maximum Gasteiger partial charge on any atom is 0.254 e. The fraction of sp³-hybridized carbons (Fsp3) is 0.346. The van der Waals surface area contributed by atoms with Crippen molar-refractivity contribution in [3.05, 3.63) is 59.5 Å². The van der Waals surface area contributed by atoms with Crippen LogP contribution in [0.3, 0.4) is 0 Å². The summed E-state index contributed by atoms with van der Waals surface area (Å²) < 4.78 is 16.1. The Morgan fingerprint density at radius 2 is 2.14 bits per heavy atom. The molecule has 1 atom stereocenters. The van der Waals surface area contributed by atoms with Gasteiger partial charge in [-0.05, 0) is 36.2 Å². The Morgan fingerprint density at radius 3 is 2.89 bits per heavy atom. The Balaban J connectivity index is 1.46. The van der Waals surface area contributed by atoms with Gasteiger partial charge in [-0.15, -0.1) is 0 Å². The van der Waals surface area contributed by atoms with Crippen molar-refractivity contribution in [3.63, 3.8) is 0 Å². The molecule has 35 heavy (non-hydrogen) atoms. The zero-order chi connectivity index (χ0) is 24.1. The Kier molecular flexibility index (Phi) is 5.21. The zero-order valence-electron chi connectivity index (χ0n) is 20.1. The molecule has 1 aromatic carbocycles. The van der Waals surface area contributed by atoms with Crippen LogP contribution in [0.1, 0.15) is 34.8 Å². The number of fused-ring (bicyclic) bond motifs is 2. The summed E-state index contributed by atoms with van der Waals surface area (Å²) in [5.74, 6) is 1.64. The second-order valence-corrected chi connectivity index (χ2v) is 9.18. The first kappa shape index (κ1) is 21.7. The molecule has 0 aliphatic carbocycles. The van der Waals surface area contributed by atoms with Gasteiger partial charge >= 0.3 is 0 Å². The van der Waals surface area contributed by atoms with E-state index in [1.54, 1.807) is 9.58 Å². The van der Waals surface area contributed by atoms with E-state index >= 15 is 0 Å². The minimum atomic E-state index is -0.00228. The highest BCUT2D eigenvalue weighted by Gasteiger charge is 2.26. The summed E-state index contributed by atoms with van der Waals surface area (Å²) >= 11 is 0. The van der Waals surface area contributed by atoms with Crippen LogP contribution in [0.5, 0.6) is 5.75 Å². The van der Waals surface area contributed by atoms with Gasteiger partial charge in [-0.3, -0.25) is 9.48 Å². The van der Waals surface area contributed by atoms with Gasteiger partial charge in [-0.2, -0.15) is 5.10 Å². The molecule has 9 heteroatoms. The lowest BCUT2D eigenvalue weighted by molar-refractivity contribution is 0.0816. The number of carbonyl (C=O) groups excluding carboxylic acids is 1. The first-order chi connectivity index (χ1) is 17.0. The van der Waals surface area contributed by atoms with E-state index in [-0.39, 0.29) is 12.0 Å². The van der Waals surface area contributed by atoms with E-state index in [0.29, 0.717) is 19.8 Å². The van der Waals surface area contributed by atoms with Gasteiger partial charge in [0.2, 0.25) is 0 Å². The summed E-state index contributed by atoms with van der Waals surface area (Å²) in [5, 5.41) is 7.86. The SMILES string of the molecule is CCc1c(Nc2ccc3c(c2)CN(C)C3=O)nc2ccn(-c3cnn(C)c3)c2c1O[C@H]1CCOC1. The van der Waals surface area contributed by atoms with E-state index in [9.17, 15) is 4.79 Å². The molecule has 0 saturated carbocycles. The molecule has 180 valence electrons. The van der Waals surface area contributed by atoms with Gasteiger partial charge in [0, 0.05) is 56.3 Å². The van der Waals surface area contributed by atoms with E-state index in [4.69, 9.17) is 14.5 Å². The predicted molar refractivity (Wildman–Crippen MR) is 133 cm³/mol. The lowest BCUT2D eigenvalue weighted by atomic mass is 10.1. The third-order valence-electron chi connectivity index (χ3n) is 6.72. The van der Waals surface area contributed by atoms with Crippen molar-refractivity contribution in [2.24, 2.45) is 7.05 Å². The smallest absolute Gasteiger partial charge is 0.254 e. The zero-order valence-corrected chi connectivity index (χ0v) is 20.1. The molecule has 4 aromatic rings. The molecule has 5 heterocycles.